The lowest BCUT2D eigenvalue weighted by Crippen LogP contribution is -2.59. The van der Waals surface area contributed by atoms with Crippen molar-refractivity contribution >= 4 is 47.5 Å². The van der Waals surface area contributed by atoms with Crippen molar-refractivity contribution in [2.75, 3.05) is 27.4 Å². The topological polar surface area (TPSA) is 222 Å². The van der Waals surface area contributed by atoms with E-state index in [1.165, 1.54) is 0 Å². The van der Waals surface area contributed by atoms with E-state index in [1.54, 1.807) is 0 Å². The lowest BCUT2D eigenvalue weighted by molar-refractivity contribution is -0.195. The van der Waals surface area contributed by atoms with Gasteiger partial charge in [-0.25, -0.2) is 9.59 Å². The van der Waals surface area contributed by atoms with Crippen molar-refractivity contribution in [1.29, 1.82) is 0 Å². The van der Waals surface area contributed by atoms with Gasteiger partial charge in [0.15, 0.2) is 12.1 Å². The third-order valence-electron chi connectivity index (χ3n) is 13.0. The number of carbonyl (C=O) groups excluding carboxylic acids is 8. The van der Waals surface area contributed by atoms with Crippen molar-refractivity contribution in [3.05, 3.63) is 12.2 Å². The van der Waals surface area contributed by atoms with Crippen LogP contribution >= 0.6 is 0 Å². The van der Waals surface area contributed by atoms with Crippen molar-refractivity contribution < 1.29 is 57.3 Å². The average molecular weight is 799 g/mol. The number of hydrogen-bond donors (Lipinski definition) is 4. The first kappa shape index (κ1) is 42.1. The lowest BCUT2D eigenvalue weighted by atomic mass is 9.44. The molecule has 0 aromatic carbocycles. The lowest BCUT2D eigenvalue weighted by Gasteiger charge is -2.59. The maximum atomic E-state index is 14.2. The Balaban J connectivity index is 1.34. The van der Waals surface area contributed by atoms with Crippen LogP contribution in [0.1, 0.15) is 85.5 Å². The van der Waals surface area contributed by atoms with Crippen LogP contribution in [0.3, 0.4) is 0 Å². The Morgan fingerprint density at radius 3 is 1.37 bits per heavy atom. The molecule has 7 aliphatic rings. The van der Waals surface area contributed by atoms with Gasteiger partial charge in [0.2, 0.25) is 23.6 Å². The van der Waals surface area contributed by atoms with E-state index in [4.69, 9.17) is 18.9 Å². The number of nitrogens with one attached hydrogen (secondary N) is 4. The molecule has 16 nitrogen and oxygen atoms in total. The van der Waals surface area contributed by atoms with Crippen molar-refractivity contribution in [3.8, 4) is 0 Å². The van der Waals surface area contributed by atoms with Crippen LogP contribution in [0.2, 0.25) is 0 Å². The number of hydrogen-bond acceptors (Lipinski definition) is 12. The molecule has 314 valence electrons. The van der Waals surface area contributed by atoms with E-state index < -0.39 is 108 Å². The molecule has 1 heterocycles. The smallest absolute Gasteiger partial charge is 0.331 e. The summed E-state index contributed by atoms with van der Waals surface area (Å²) in [6.45, 7) is 6.42. The minimum atomic E-state index is -1.39. The van der Waals surface area contributed by atoms with Crippen LogP contribution in [0.15, 0.2) is 12.2 Å². The summed E-state index contributed by atoms with van der Waals surface area (Å²) in [5, 5.41) is 11.0. The molecular weight excluding hydrogens is 740 g/mol. The highest BCUT2D eigenvalue weighted by molar-refractivity contribution is 5.96. The Labute approximate surface area is 333 Å². The molecule has 2 spiro atoms. The molecule has 6 aliphatic carbocycles. The standard InChI is InChI=1S/C41H58N4O12/c1-20(2)9-26-32(46)44-28(36(50)54-5)17-56-38(52)40-13-22-11-23(14-40)16-41(15-22,19-40)39(53)57-18-29(37(51)55-6)45-33(47)27(10-21(3)4)43-35(49)31-25-8-7-24(12-25)30(31)34(48)42-26/h7-8,20-31H,9-19H2,1-6H3,(H,42,48)(H,43,49)(H,44,46)(H,45,47)/t22?,23?,24-,25+,26-,27-,28-,29-,30-,31+,40?,41?/m0/s1. The molecule has 57 heavy (non-hydrogen) atoms. The van der Waals surface area contributed by atoms with Crippen LogP contribution in [0, 0.1) is 58.2 Å². The van der Waals surface area contributed by atoms with Crippen LogP contribution in [0.4, 0.5) is 0 Å². The van der Waals surface area contributed by atoms with Crippen LogP contribution < -0.4 is 21.3 Å². The zero-order valence-corrected chi connectivity index (χ0v) is 33.8. The number of methoxy groups -OCH3 is 2. The molecule has 4 amide bonds. The molecule has 0 aromatic heterocycles. The molecular formula is C41H58N4O12. The number of rotatable bonds is 6. The maximum absolute atomic E-state index is 14.2. The summed E-state index contributed by atoms with van der Waals surface area (Å²) in [5.74, 6) is -7.74. The van der Waals surface area contributed by atoms with E-state index in [9.17, 15) is 38.4 Å². The van der Waals surface area contributed by atoms with Gasteiger partial charge in [-0.1, -0.05) is 39.8 Å². The van der Waals surface area contributed by atoms with Gasteiger partial charge in [0, 0.05) is 0 Å². The Morgan fingerprint density at radius 1 is 0.632 bits per heavy atom. The van der Waals surface area contributed by atoms with Gasteiger partial charge in [-0.3, -0.25) is 28.8 Å². The molecule has 0 aromatic rings. The van der Waals surface area contributed by atoms with E-state index in [-0.39, 0.29) is 54.8 Å². The van der Waals surface area contributed by atoms with Crippen molar-refractivity contribution in [2.24, 2.45) is 58.2 Å². The third-order valence-corrected chi connectivity index (χ3v) is 13.0. The molecule has 6 bridgehead atoms. The summed E-state index contributed by atoms with van der Waals surface area (Å²) in [4.78, 5) is 110. The highest BCUT2D eigenvalue weighted by atomic mass is 16.6. The predicted octanol–water partition coefficient (Wildman–Crippen LogP) is 1.49. The molecule has 0 radical (unpaired) electrons. The number of esters is 4. The van der Waals surface area contributed by atoms with Crippen LogP contribution in [-0.4, -0.2) is 99.1 Å². The number of amides is 4. The van der Waals surface area contributed by atoms with Gasteiger partial charge in [-0.15, -0.1) is 0 Å². The summed E-state index contributed by atoms with van der Waals surface area (Å²) in [6.07, 6.45) is 7.59. The van der Waals surface area contributed by atoms with E-state index in [0.717, 1.165) is 20.6 Å². The van der Waals surface area contributed by atoms with E-state index in [0.29, 0.717) is 32.1 Å². The highest BCUT2D eigenvalue weighted by Gasteiger charge is 2.64. The maximum Gasteiger partial charge on any atom is 0.331 e. The first-order valence-electron chi connectivity index (χ1n) is 20.4. The molecule has 5 saturated carbocycles. The second kappa shape index (κ2) is 16.8. The second-order valence-electron chi connectivity index (χ2n) is 18.3. The molecule has 4 N–H and O–H groups in total. The zero-order valence-electron chi connectivity index (χ0n) is 33.8. The predicted molar refractivity (Wildman–Crippen MR) is 200 cm³/mol. The van der Waals surface area contributed by atoms with E-state index in [1.807, 2.05) is 39.8 Å². The Hall–Kier alpha value is -4.50. The molecule has 16 heteroatoms. The van der Waals surface area contributed by atoms with Crippen LogP contribution in [0.25, 0.3) is 0 Å². The fraction of sp³-hybridized carbons (Fsp3) is 0.756. The average Bonchev–Trinajstić information content (AvgIpc) is 3.78. The number of cyclic esters (lactones) is 2. The van der Waals surface area contributed by atoms with Gasteiger partial charge >= 0.3 is 23.9 Å². The summed E-state index contributed by atoms with van der Waals surface area (Å²) < 4.78 is 21.6. The van der Waals surface area contributed by atoms with Gasteiger partial charge in [0.05, 0.1) is 36.9 Å². The molecule has 1 saturated heterocycles. The van der Waals surface area contributed by atoms with Gasteiger partial charge in [0.1, 0.15) is 25.3 Å². The fourth-order valence-electron chi connectivity index (χ4n) is 11.0. The quantitative estimate of drug-likeness (QED) is 0.171. The minimum Gasteiger partial charge on any atom is -0.467 e. The van der Waals surface area contributed by atoms with Crippen molar-refractivity contribution in [3.63, 3.8) is 0 Å². The molecule has 2 unspecified atom stereocenters. The summed E-state index contributed by atoms with van der Waals surface area (Å²) in [6, 6.07) is -5.01. The Morgan fingerprint density at radius 2 is 1.02 bits per heavy atom. The van der Waals surface area contributed by atoms with Crippen molar-refractivity contribution in [1.82, 2.24) is 21.3 Å². The van der Waals surface area contributed by atoms with Gasteiger partial charge in [-0.05, 0) is 93.3 Å². The largest absolute Gasteiger partial charge is 0.467 e. The Kier molecular flexibility index (Phi) is 12.4. The van der Waals surface area contributed by atoms with Gasteiger partial charge in [0.25, 0.3) is 0 Å². The first-order chi connectivity index (χ1) is 27.0. The van der Waals surface area contributed by atoms with Crippen LogP contribution in [0.5, 0.6) is 0 Å². The van der Waals surface area contributed by atoms with Gasteiger partial charge < -0.3 is 40.2 Å². The van der Waals surface area contributed by atoms with Gasteiger partial charge in [-0.2, -0.15) is 0 Å². The SMILES string of the molecule is COC(=O)[C@@H]1COC(=O)C23CC4CC(C2)CC(C4)(C3)C(=O)OC[C@@H](C(=O)OC)NC(=O)[C@H](CC(C)C)NC(=O)[C@H]2[C@@H](C(=O)N[C@@H](CC(C)C)C(=O)N1)[C@H]1C=C[C@@H]2C1. The monoisotopic (exact) mass is 798 g/mol. The third kappa shape index (κ3) is 8.69. The number of carbonyl (C=O) groups is 8. The van der Waals surface area contributed by atoms with E-state index >= 15 is 0 Å². The normalized spacial score (nSPS) is 38.4. The summed E-state index contributed by atoms with van der Waals surface area (Å²) >= 11 is 0. The minimum absolute atomic E-state index is 0.0266. The Bertz CT molecular complexity index is 1550. The molecule has 1 aliphatic heterocycles. The zero-order chi connectivity index (χ0) is 41.4. The summed E-state index contributed by atoms with van der Waals surface area (Å²) in [7, 11) is 2.30. The van der Waals surface area contributed by atoms with E-state index in [2.05, 4.69) is 21.3 Å². The number of ether oxygens (including phenoxy) is 4. The summed E-state index contributed by atoms with van der Waals surface area (Å²) in [5.41, 5.74) is -2.08. The molecule has 6 fully saturated rings. The number of allylic oxidation sites excluding steroid dienone is 2. The molecule has 10 atom stereocenters. The molecule has 7 rings (SSSR count). The number of fused-ring (bicyclic) bond motifs is 5. The highest BCUT2D eigenvalue weighted by Crippen LogP contribution is 2.66. The second-order valence-corrected chi connectivity index (χ2v) is 18.3. The first-order valence-corrected chi connectivity index (χ1v) is 20.4. The fourth-order valence-corrected chi connectivity index (χ4v) is 11.0. The van der Waals surface area contributed by atoms with Crippen molar-refractivity contribution in [2.45, 2.75) is 110 Å². The van der Waals surface area contributed by atoms with Crippen LogP contribution in [-0.2, 0) is 57.3 Å².